The van der Waals surface area contributed by atoms with Crippen LogP contribution in [0.4, 0.5) is 19.0 Å². The Bertz CT molecular complexity index is 1220. The fourth-order valence-corrected chi connectivity index (χ4v) is 3.61. The van der Waals surface area contributed by atoms with Crippen molar-refractivity contribution in [3.8, 4) is 11.5 Å². The predicted molar refractivity (Wildman–Crippen MR) is 109 cm³/mol. The molecule has 33 heavy (non-hydrogen) atoms. The summed E-state index contributed by atoms with van der Waals surface area (Å²) in [7, 11) is 2.88. The highest BCUT2D eigenvalue weighted by atomic mass is 19.4. The Morgan fingerprint density at radius 3 is 2.39 bits per heavy atom. The summed E-state index contributed by atoms with van der Waals surface area (Å²) in [5.41, 5.74) is -6.51. The topological polar surface area (TPSA) is 132 Å². The van der Waals surface area contributed by atoms with Crippen molar-refractivity contribution in [2.45, 2.75) is 38.0 Å². The third-order valence-electron chi connectivity index (χ3n) is 5.29. The van der Waals surface area contributed by atoms with Crippen LogP contribution >= 0.6 is 0 Å². The molecule has 1 aromatic carbocycles. The van der Waals surface area contributed by atoms with Gasteiger partial charge in [-0.05, 0) is 24.1 Å². The molecule has 2 aromatic rings. The van der Waals surface area contributed by atoms with Gasteiger partial charge in [-0.25, -0.2) is 4.79 Å². The number of aromatic nitrogens is 2. The molecule has 10 nitrogen and oxygen atoms in total. The van der Waals surface area contributed by atoms with Gasteiger partial charge in [-0.15, -0.1) is 0 Å². The number of amides is 2. The molecular formula is C20H21F3N4O6. The molecule has 0 fully saturated rings. The number of carbonyl (C=O) groups excluding carboxylic acids is 2. The van der Waals surface area contributed by atoms with Crippen LogP contribution in [0.3, 0.4) is 0 Å². The number of carbonyl (C=O) groups is 2. The van der Waals surface area contributed by atoms with Gasteiger partial charge in [0.25, 0.3) is 11.5 Å². The van der Waals surface area contributed by atoms with Gasteiger partial charge >= 0.3 is 11.9 Å². The zero-order valence-corrected chi connectivity index (χ0v) is 17.9. The van der Waals surface area contributed by atoms with Crippen LogP contribution < -0.4 is 31.4 Å². The van der Waals surface area contributed by atoms with E-state index in [9.17, 15) is 32.3 Å². The van der Waals surface area contributed by atoms with E-state index in [1.807, 2.05) is 10.3 Å². The molecule has 1 aliphatic heterocycles. The average molecular weight is 470 g/mol. The summed E-state index contributed by atoms with van der Waals surface area (Å²) in [6.45, 7) is 1.10. The first-order chi connectivity index (χ1) is 15.5. The first kappa shape index (κ1) is 23.9. The summed E-state index contributed by atoms with van der Waals surface area (Å²) in [5.74, 6) is -2.54. The third-order valence-corrected chi connectivity index (χ3v) is 5.29. The maximum atomic E-state index is 14.1. The summed E-state index contributed by atoms with van der Waals surface area (Å²) < 4.78 is 53.5. The van der Waals surface area contributed by atoms with Crippen LogP contribution in [0.15, 0.2) is 27.8 Å². The smallest absolute Gasteiger partial charge is 0.425 e. The molecule has 0 saturated heterocycles. The number of aromatic amines is 1. The third kappa shape index (κ3) is 3.94. The zero-order chi connectivity index (χ0) is 24.6. The lowest BCUT2D eigenvalue weighted by Crippen LogP contribution is -2.62. The van der Waals surface area contributed by atoms with Gasteiger partial charge < -0.3 is 20.1 Å². The van der Waals surface area contributed by atoms with Crippen LogP contribution in [0.25, 0.3) is 0 Å². The second-order valence-corrected chi connectivity index (χ2v) is 7.18. The van der Waals surface area contributed by atoms with Crippen molar-refractivity contribution in [2.75, 3.05) is 19.5 Å². The number of hydrogen-bond donors (Lipinski definition) is 3. The van der Waals surface area contributed by atoms with Crippen LogP contribution in [-0.4, -0.2) is 41.8 Å². The number of H-pyrrole nitrogens is 1. The number of nitrogens with zero attached hydrogens (tertiary/aromatic N) is 1. The number of methoxy groups -OCH3 is 2. The average Bonchev–Trinajstić information content (AvgIpc) is 3.06. The quantitative estimate of drug-likeness (QED) is 0.554. The van der Waals surface area contributed by atoms with Gasteiger partial charge in [0, 0.05) is 13.0 Å². The van der Waals surface area contributed by atoms with E-state index in [1.165, 1.54) is 21.1 Å². The van der Waals surface area contributed by atoms with E-state index >= 15 is 0 Å². The minimum absolute atomic E-state index is 0.134. The molecule has 1 atom stereocenters. The monoisotopic (exact) mass is 470 g/mol. The van der Waals surface area contributed by atoms with Crippen molar-refractivity contribution in [3.05, 3.63) is 50.2 Å². The minimum atomic E-state index is -5.36. The lowest BCUT2D eigenvalue weighted by atomic mass is 9.91. The summed E-state index contributed by atoms with van der Waals surface area (Å²) in [6, 6.07) is 4.90. The highest BCUT2D eigenvalue weighted by Crippen LogP contribution is 2.45. The number of alkyl halides is 3. The van der Waals surface area contributed by atoms with Crippen molar-refractivity contribution < 1.29 is 32.2 Å². The van der Waals surface area contributed by atoms with E-state index in [1.54, 1.807) is 23.5 Å². The van der Waals surface area contributed by atoms with Crippen molar-refractivity contribution in [1.82, 2.24) is 14.9 Å². The molecule has 0 aliphatic carbocycles. The molecule has 1 aromatic heterocycles. The normalized spacial score (nSPS) is 17.3. The molecule has 3 rings (SSSR count). The van der Waals surface area contributed by atoms with Gasteiger partial charge in [-0.1, -0.05) is 13.0 Å². The van der Waals surface area contributed by atoms with Crippen LogP contribution in [0.1, 0.15) is 24.5 Å². The van der Waals surface area contributed by atoms with Crippen LogP contribution in [0.2, 0.25) is 0 Å². The summed E-state index contributed by atoms with van der Waals surface area (Å²) in [6.07, 6.45) is -5.59. The number of hydrogen-bond acceptors (Lipinski definition) is 6. The molecule has 3 N–H and O–H groups in total. The Morgan fingerprint density at radius 2 is 1.82 bits per heavy atom. The van der Waals surface area contributed by atoms with E-state index in [0.717, 1.165) is 4.57 Å². The highest BCUT2D eigenvalue weighted by molar-refractivity contribution is 6.07. The molecule has 0 bridgehead atoms. The number of fused-ring (bicyclic) bond motifs is 1. The Kier molecular flexibility index (Phi) is 6.25. The molecule has 0 radical (unpaired) electrons. The molecule has 0 spiro atoms. The fraction of sp³-hybridized carbons (Fsp3) is 0.400. The highest BCUT2D eigenvalue weighted by Gasteiger charge is 2.68. The second kappa shape index (κ2) is 8.64. The number of benzene rings is 1. The Morgan fingerprint density at radius 1 is 1.15 bits per heavy atom. The Balaban J connectivity index is 2.10. The molecule has 178 valence electrons. The number of anilines is 1. The Labute approximate surface area is 184 Å². The minimum Gasteiger partial charge on any atom is -0.493 e. The maximum absolute atomic E-state index is 14.1. The summed E-state index contributed by atoms with van der Waals surface area (Å²) >= 11 is 0. The molecule has 2 amide bonds. The zero-order valence-electron chi connectivity index (χ0n) is 17.9. The second-order valence-electron chi connectivity index (χ2n) is 7.18. The molecule has 13 heteroatoms. The Hall–Kier alpha value is -3.77. The molecular weight excluding hydrogens is 449 g/mol. The van der Waals surface area contributed by atoms with E-state index in [-0.39, 0.29) is 19.4 Å². The van der Waals surface area contributed by atoms with Gasteiger partial charge in [0.15, 0.2) is 11.5 Å². The number of aryl methyl sites for hydroxylation is 1. The van der Waals surface area contributed by atoms with Crippen molar-refractivity contribution >= 4 is 17.6 Å². The van der Waals surface area contributed by atoms with Gasteiger partial charge in [0.05, 0.1) is 14.2 Å². The number of nitrogens with one attached hydrogen (secondary N) is 3. The standard InChI is InChI=1S/C20H21F3N4O6/c1-4-13(28)26-19(20(21,22)23)14-15(24-17(19)30)27(18(31)25-16(14)29)8-7-10-5-6-11(32-2)12(9-10)33-3/h5-6,9H,4,7-8H2,1-3H3,(H,24,30)(H,26,28)(H,25,29,31)/t19-/m1/s1. The maximum Gasteiger partial charge on any atom is 0.425 e. The predicted octanol–water partition coefficient (Wildman–Crippen LogP) is 1.03. The summed E-state index contributed by atoms with van der Waals surface area (Å²) in [4.78, 5) is 51.1. The van der Waals surface area contributed by atoms with Crippen molar-refractivity contribution in [1.29, 1.82) is 0 Å². The van der Waals surface area contributed by atoms with E-state index in [4.69, 9.17) is 9.47 Å². The largest absolute Gasteiger partial charge is 0.493 e. The number of ether oxygens (including phenoxy) is 2. The van der Waals surface area contributed by atoms with Crippen molar-refractivity contribution in [3.63, 3.8) is 0 Å². The van der Waals surface area contributed by atoms with E-state index in [2.05, 4.69) is 0 Å². The van der Waals surface area contributed by atoms with Gasteiger partial charge in [-0.3, -0.25) is 23.9 Å². The van der Waals surface area contributed by atoms with Crippen molar-refractivity contribution in [2.24, 2.45) is 0 Å². The van der Waals surface area contributed by atoms with Gasteiger partial charge in [-0.2, -0.15) is 13.2 Å². The molecule has 0 unspecified atom stereocenters. The lowest BCUT2D eigenvalue weighted by molar-refractivity contribution is -0.200. The van der Waals surface area contributed by atoms with Crippen LogP contribution in [0, 0.1) is 0 Å². The van der Waals surface area contributed by atoms with Crippen LogP contribution in [-0.2, 0) is 28.1 Å². The van der Waals surface area contributed by atoms with Gasteiger partial charge in [0.2, 0.25) is 11.4 Å². The number of rotatable bonds is 7. The first-order valence-corrected chi connectivity index (χ1v) is 9.77. The fourth-order valence-electron chi connectivity index (χ4n) is 3.61. The SMILES string of the molecule is CCC(=O)N[C@@]1(C(F)(F)F)C(=O)Nc2c1c(=O)[nH]c(=O)n2CCc1ccc(OC)c(OC)c1. The van der Waals surface area contributed by atoms with E-state index in [0.29, 0.717) is 17.1 Å². The first-order valence-electron chi connectivity index (χ1n) is 9.77. The summed E-state index contributed by atoms with van der Waals surface area (Å²) in [5, 5.41) is 3.61. The molecule has 2 heterocycles. The molecule has 1 aliphatic rings. The van der Waals surface area contributed by atoms with Crippen LogP contribution in [0.5, 0.6) is 11.5 Å². The number of halogens is 3. The van der Waals surface area contributed by atoms with E-state index < -0.39 is 46.2 Å². The van der Waals surface area contributed by atoms with Gasteiger partial charge in [0.1, 0.15) is 11.4 Å². The lowest BCUT2D eigenvalue weighted by Gasteiger charge is -2.29. The molecule has 0 saturated carbocycles.